The van der Waals surface area contributed by atoms with Gasteiger partial charge < -0.3 is 9.84 Å². The number of nitrogens with zero attached hydrogens (tertiary/aromatic N) is 1. The Morgan fingerprint density at radius 1 is 1.28 bits per heavy atom. The lowest BCUT2D eigenvalue weighted by molar-refractivity contribution is 0.0696. The van der Waals surface area contributed by atoms with E-state index in [1.54, 1.807) is 6.07 Å². The van der Waals surface area contributed by atoms with Crippen LogP contribution in [0.25, 0.3) is 0 Å². The Balaban J connectivity index is 2.02. The zero-order chi connectivity index (χ0) is 13.0. The molecule has 1 heterocycles. The highest BCUT2D eigenvalue weighted by Crippen LogP contribution is 2.17. The molecule has 0 fully saturated rings. The van der Waals surface area contributed by atoms with Crippen molar-refractivity contribution in [1.29, 1.82) is 0 Å². The zero-order valence-corrected chi connectivity index (χ0v) is 10.1. The number of carbonyl (C=O) groups is 1. The summed E-state index contributed by atoms with van der Waals surface area (Å²) in [4.78, 5) is 14.5. The molecule has 0 spiro atoms. The number of rotatable bonds is 4. The first-order valence-corrected chi connectivity index (χ1v) is 5.60. The molecule has 4 nitrogen and oxygen atoms in total. The fraction of sp³-hybridized carbons (Fsp3) is 0.0769. The first-order valence-electron chi connectivity index (χ1n) is 5.22. The van der Waals surface area contributed by atoms with Crippen molar-refractivity contribution >= 4 is 17.6 Å². The molecule has 2 aromatic rings. The van der Waals surface area contributed by atoms with Crippen LogP contribution in [0.15, 0.2) is 42.6 Å². The molecule has 0 unspecified atom stereocenters. The van der Waals surface area contributed by atoms with Gasteiger partial charge in [-0.3, -0.25) is 0 Å². The van der Waals surface area contributed by atoms with Gasteiger partial charge in [-0.1, -0.05) is 29.8 Å². The van der Waals surface area contributed by atoms with Crippen LogP contribution >= 0.6 is 11.6 Å². The van der Waals surface area contributed by atoms with Gasteiger partial charge >= 0.3 is 5.97 Å². The highest BCUT2D eigenvalue weighted by atomic mass is 35.5. The Kier molecular flexibility index (Phi) is 3.79. The van der Waals surface area contributed by atoms with Crippen LogP contribution < -0.4 is 4.74 Å². The highest BCUT2D eigenvalue weighted by Gasteiger charge is 2.04. The van der Waals surface area contributed by atoms with Gasteiger partial charge in [0.15, 0.2) is 0 Å². The van der Waals surface area contributed by atoms with Crippen molar-refractivity contribution in [2.75, 3.05) is 0 Å². The van der Waals surface area contributed by atoms with Crippen molar-refractivity contribution in [1.82, 2.24) is 4.98 Å². The van der Waals surface area contributed by atoms with Crippen molar-refractivity contribution in [3.63, 3.8) is 0 Å². The van der Waals surface area contributed by atoms with Crippen molar-refractivity contribution in [3.05, 3.63) is 58.7 Å². The third kappa shape index (κ3) is 2.99. The third-order valence-corrected chi connectivity index (χ3v) is 2.69. The first-order chi connectivity index (χ1) is 8.66. The molecule has 0 saturated heterocycles. The number of aromatic carboxylic acids is 1. The van der Waals surface area contributed by atoms with Crippen LogP contribution in [0.1, 0.15) is 15.9 Å². The Labute approximate surface area is 109 Å². The van der Waals surface area contributed by atoms with E-state index in [0.29, 0.717) is 17.5 Å². The van der Waals surface area contributed by atoms with Crippen LogP contribution in [0.4, 0.5) is 0 Å². The normalized spacial score (nSPS) is 10.1. The molecule has 1 aromatic carbocycles. The topological polar surface area (TPSA) is 59.4 Å². The summed E-state index contributed by atoms with van der Waals surface area (Å²) in [5.41, 5.74) is 0.975. The summed E-state index contributed by atoms with van der Waals surface area (Å²) in [7, 11) is 0. The minimum absolute atomic E-state index is 0.125. The average molecular weight is 264 g/mol. The van der Waals surface area contributed by atoms with E-state index < -0.39 is 5.97 Å². The van der Waals surface area contributed by atoms with Crippen molar-refractivity contribution in [2.24, 2.45) is 0 Å². The Morgan fingerprint density at radius 2 is 2.06 bits per heavy atom. The van der Waals surface area contributed by atoms with E-state index in [1.807, 2.05) is 18.2 Å². The number of aromatic nitrogens is 1. The fourth-order valence-corrected chi connectivity index (χ4v) is 1.55. The molecular weight excluding hydrogens is 254 g/mol. The number of halogens is 1. The Morgan fingerprint density at radius 3 is 2.67 bits per heavy atom. The number of carboxylic acid groups (broad SMARTS) is 1. The standard InChI is InChI=1S/C13H10ClNO3/c14-11-4-2-1-3-10(11)8-18-12-6-5-9(7-15-12)13(16)17/h1-7H,8H2,(H,16,17). The van der Waals surface area contributed by atoms with Gasteiger partial charge in [0.1, 0.15) is 6.61 Å². The quantitative estimate of drug-likeness (QED) is 0.921. The zero-order valence-electron chi connectivity index (χ0n) is 9.34. The van der Waals surface area contributed by atoms with Gasteiger partial charge in [0.05, 0.1) is 5.56 Å². The molecule has 5 heteroatoms. The minimum Gasteiger partial charge on any atom is -0.478 e. The van der Waals surface area contributed by atoms with Gasteiger partial charge in [-0.25, -0.2) is 9.78 Å². The summed E-state index contributed by atoms with van der Waals surface area (Å²) in [5.74, 6) is -0.653. The largest absolute Gasteiger partial charge is 0.478 e. The van der Waals surface area contributed by atoms with Gasteiger partial charge in [-0.05, 0) is 12.1 Å². The molecule has 1 aromatic heterocycles. The van der Waals surface area contributed by atoms with E-state index in [2.05, 4.69) is 4.98 Å². The highest BCUT2D eigenvalue weighted by molar-refractivity contribution is 6.31. The Bertz CT molecular complexity index is 554. The number of benzene rings is 1. The van der Waals surface area contributed by atoms with E-state index in [-0.39, 0.29) is 5.56 Å². The van der Waals surface area contributed by atoms with E-state index in [9.17, 15) is 4.79 Å². The van der Waals surface area contributed by atoms with Crippen molar-refractivity contribution < 1.29 is 14.6 Å². The number of ether oxygens (including phenoxy) is 1. The summed E-state index contributed by atoms with van der Waals surface area (Å²) in [6.07, 6.45) is 1.25. The van der Waals surface area contributed by atoms with Crippen LogP contribution in [0.3, 0.4) is 0 Å². The molecule has 0 amide bonds. The maximum Gasteiger partial charge on any atom is 0.337 e. The van der Waals surface area contributed by atoms with E-state index >= 15 is 0 Å². The molecule has 0 radical (unpaired) electrons. The number of carboxylic acids is 1. The van der Waals surface area contributed by atoms with Gasteiger partial charge in [-0.2, -0.15) is 0 Å². The maximum absolute atomic E-state index is 10.6. The monoisotopic (exact) mass is 263 g/mol. The van der Waals surface area contributed by atoms with Crippen LogP contribution in [0.2, 0.25) is 5.02 Å². The molecule has 0 aliphatic heterocycles. The summed E-state index contributed by atoms with van der Waals surface area (Å²) in [6, 6.07) is 10.3. The molecule has 2 rings (SSSR count). The number of pyridine rings is 1. The Hall–Kier alpha value is -2.07. The van der Waals surface area contributed by atoms with Crippen molar-refractivity contribution in [2.45, 2.75) is 6.61 Å². The molecule has 0 aliphatic carbocycles. The lowest BCUT2D eigenvalue weighted by Gasteiger charge is -2.06. The molecular formula is C13H10ClNO3. The molecule has 92 valence electrons. The predicted molar refractivity (Wildman–Crippen MR) is 67.0 cm³/mol. The van der Waals surface area contributed by atoms with Gasteiger partial charge in [0.2, 0.25) is 5.88 Å². The number of hydrogen-bond acceptors (Lipinski definition) is 3. The summed E-state index contributed by atoms with van der Waals surface area (Å²) in [5, 5.41) is 9.35. The third-order valence-electron chi connectivity index (χ3n) is 2.32. The average Bonchev–Trinajstić information content (AvgIpc) is 2.38. The van der Waals surface area contributed by atoms with Crippen LogP contribution in [-0.4, -0.2) is 16.1 Å². The van der Waals surface area contributed by atoms with Crippen LogP contribution in [0, 0.1) is 0 Å². The molecule has 0 bridgehead atoms. The van der Waals surface area contributed by atoms with E-state index in [1.165, 1.54) is 18.3 Å². The van der Waals surface area contributed by atoms with E-state index in [0.717, 1.165) is 5.56 Å². The van der Waals surface area contributed by atoms with Gasteiger partial charge in [0.25, 0.3) is 0 Å². The lowest BCUT2D eigenvalue weighted by atomic mass is 10.2. The SMILES string of the molecule is O=C(O)c1ccc(OCc2ccccc2Cl)nc1. The molecule has 0 atom stereocenters. The van der Waals surface area contributed by atoms with Crippen LogP contribution in [0.5, 0.6) is 5.88 Å². The van der Waals surface area contributed by atoms with Gasteiger partial charge in [-0.15, -0.1) is 0 Å². The smallest absolute Gasteiger partial charge is 0.337 e. The second kappa shape index (κ2) is 5.51. The van der Waals surface area contributed by atoms with E-state index in [4.69, 9.17) is 21.4 Å². The van der Waals surface area contributed by atoms with Gasteiger partial charge in [0, 0.05) is 22.8 Å². The molecule has 18 heavy (non-hydrogen) atoms. The summed E-state index contributed by atoms with van der Waals surface area (Å²) >= 11 is 5.98. The predicted octanol–water partition coefficient (Wildman–Crippen LogP) is 3.01. The fourth-order valence-electron chi connectivity index (χ4n) is 1.36. The lowest BCUT2D eigenvalue weighted by Crippen LogP contribution is -2.00. The second-order valence-electron chi connectivity index (χ2n) is 3.57. The number of hydrogen-bond donors (Lipinski definition) is 1. The molecule has 1 N–H and O–H groups in total. The minimum atomic E-state index is -1.01. The van der Waals surface area contributed by atoms with Crippen LogP contribution in [-0.2, 0) is 6.61 Å². The summed E-state index contributed by atoms with van der Waals surface area (Å²) in [6.45, 7) is 0.291. The first kappa shape index (κ1) is 12.4. The summed E-state index contributed by atoms with van der Waals surface area (Å²) < 4.78 is 5.42. The molecule has 0 aliphatic rings. The second-order valence-corrected chi connectivity index (χ2v) is 3.98. The van der Waals surface area contributed by atoms with Crippen molar-refractivity contribution in [3.8, 4) is 5.88 Å². The maximum atomic E-state index is 10.6. The molecule has 0 saturated carbocycles.